The lowest BCUT2D eigenvalue weighted by atomic mass is 10.00. The van der Waals surface area contributed by atoms with Crippen LogP contribution < -0.4 is 11.1 Å². The molecule has 2 aromatic rings. The van der Waals surface area contributed by atoms with Crippen LogP contribution in [0.1, 0.15) is 26.6 Å². The van der Waals surface area contributed by atoms with E-state index in [9.17, 15) is 4.79 Å². The fourth-order valence-corrected chi connectivity index (χ4v) is 3.33. The van der Waals surface area contributed by atoms with Gasteiger partial charge in [0.2, 0.25) is 0 Å². The van der Waals surface area contributed by atoms with Crippen molar-refractivity contribution in [1.29, 1.82) is 0 Å². The maximum atomic E-state index is 12.0. The Morgan fingerprint density at radius 2 is 2.04 bits per heavy atom. The fraction of sp³-hybridized carbons (Fsp3) is 0.375. The highest BCUT2D eigenvalue weighted by atomic mass is 35.5. The van der Waals surface area contributed by atoms with Gasteiger partial charge in [-0.15, -0.1) is 36.2 Å². The van der Waals surface area contributed by atoms with E-state index in [0.29, 0.717) is 18.8 Å². The molecule has 132 valence electrons. The minimum atomic E-state index is -0.117. The van der Waals surface area contributed by atoms with Crippen LogP contribution in [0.3, 0.4) is 0 Å². The predicted molar refractivity (Wildman–Crippen MR) is 102 cm³/mol. The molecule has 0 aliphatic carbocycles. The van der Waals surface area contributed by atoms with Crippen molar-refractivity contribution in [2.45, 2.75) is 19.5 Å². The highest BCUT2D eigenvalue weighted by molar-refractivity contribution is 7.09. The molecule has 24 heavy (non-hydrogen) atoms. The van der Waals surface area contributed by atoms with E-state index in [-0.39, 0.29) is 30.7 Å². The summed E-state index contributed by atoms with van der Waals surface area (Å²) in [4.78, 5) is 18.5. The smallest absolute Gasteiger partial charge is 0.270 e. The van der Waals surface area contributed by atoms with E-state index in [4.69, 9.17) is 5.73 Å². The van der Waals surface area contributed by atoms with Crippen LogP contribution in [0.15, 0.2) is 29.6 Å². The molecule has 3 rings (SSSR count). The first kappa shape index (κ1) is 20.9. The summed E-state index contributed by atoms with van der Waals surface area (Å²) in [5, 5.41) is 5.48. The Hall–Kier alpha value is -1.18. The molecule has 1 aliphatic heterocycles. The molecule has 0 saturated heterocycles. The zero-order chi connectivity index (χ0) is 15.4. The van der Waals surface area contributed by atoms with Gasteiger partial charge in [-0.2, -0.15) is 0 Å². The molecule has 0 fully saturated rings. The van der Waals surface area contributed by atoms with E-state index in [0.717, 1.165) is 31.1 Å². The van der Waals surface area contributed by atoms with Crippen LogP contribution in [0, 0.1) is 0 Å². The first-order chi connectivity index (χ1) is 10.8. The van der Waals surface area contributed by atoms with Crippen LogP contribution in [-0.2, 0) is 19.5 Å². The average molecular weight is 389 g/mol. The SMILES string of the molecule is Cl.Cl.NCc1nc(C(=O)NCCN2CCc3ccccc3C2)cs1. The van der Waals surface area contributed by atoms with E-state index in [1.54, 1.807) is 5.38 Å². The predicted octanol–water partition coefficient (Wildman–Crippen LogP) is 2.23. The first-order valence-corrected chi connectivity index (χ1v) is 8.36. The van der Waals surface area contributed by atoms with Gasteiger partial charge in [-0.1, -0.05) is 24.3 Å². The Kier molecular flexibility index (Phi) is 8.66. The van der Waals surface area contributed by atoms with Crippen molar-refractivity contribution >= 4 is 42.1 Å². The van der Waals surface area contributed by atoms with Gasteiger partial charge in [0.05, 0.1) is 0 Å². The molecule has 1 aromatic carbocycles. The lowest BCUT2D eigenvalue weighted by molar-refractivity contribution is 0.0943. The van der Waals surface area contributed by atoms with E-state index in [1.807, 2.05) is 0 Å². The summed E-state index contributed by atoms with van der Waals surface area (Å²) in [6, 6.07) is 8.56. The summed E-state index contributed by atoms with van der Waals surface area (Å²) in [7, 11) is 0. The number of benzene rings is 1. The largest absolute Gasteiger partial charge is 0.349 e. The fourth-order valence-electron chi connectivity index (χ4n) is 2.67. The molecule has 3 N–H and O–H groups in total. The summed E-state index contributed by atoms with van der Waals surface area (Å²) in [6.45, 7) is 3.87. The zero-order valence-corrected chi connectivity index (χ0v) is 15.7. The van der Waals surface area contributed by atoms with Crippen molar-refractivity contribution in [2.75, 3.05) is 19.6 Å². The number of amides is 1. The van der Waals surface area contributed by atoms with Gasteiger partial charge in [0.15, 0.2) is 0 Å². The van der Waals surface area contributed by atoms with Crippen LogP contribution in [0.4, 0.5) is 0 Å². The number of nitrogens with zero attached hydrogens (tertiary/aromatic N) is 2. The number of hydrogen-bond acceptors (Lipinski definition) is 5. The minimum absolute atomic E-state index is 0. The second-order valence-electron chi connectivity index (χ2n) is 5.38. The third-order valence-corrected chi connectivity index (χ3v) is 4.75. The monoisotopic (exact) mass is 388 g/mol. The van der Waals surface area contributed by atoms with Crippen molar-refractivity contribution in [3.05, 3.63) is 51.5 Å². The molecular formula is C16H22Cl2N4OS. The van der Waals surface area contributed by atoms with Gasteiger partial charge in [-0.25, -0.2) is 4.98 Å². The van der Waals surface area contributed by atoms with Crippen LogP contribution >= 0.6 is 36.2 Å². The normalized spacial score (nSPS) is 13.4. The Balaban J connectivity index is 0.00000144. The van der Waals surface area contributed by atoms with Crippen LogP contribution in [0.25, 0.3) is 0 Å². The highest BCUT2D eigenvalue weighted by Gasteiger charge is 2.16. The summed E-state index contributed by atoms with van der Waals surface area (Å²) in [5.41, 5.74) is 8.82. The number of nitrogens with two attached hydrogens (primary N) is 1. The van der Waals surface area contributed by atoms with Gasteiger partial charge >= 0.3 is 0 Å². The number of carbonyl (C=O) groups excluding carboxylic acids is 1. The zero-order valence-electron chi connectivity index (χ0n) is 13.2. The van der Waals surface area contributed by atoms with Gasteiger partial charge in [0, 0.05) is 38.1 Å². The number of carbonyl (C=O) groups is 1. The number of thiazole rings is 1. The van der Waals surface area contributed by atoms with Crippen LogP contribution in [0.5, 0.6) is 0 Å². The van der Waals surface area contributed by atoms with Crippen molar-refractivity contribution < 1.29 is 4.79 Å². The molecule has 0 spiro atoms. The molecule has 8 heteroatoms. The third kappa shape index (κ3) is 5.16. The topological polar surface area (TPSA) is 71.2 Å². The quantitative estimate of drug-likeness (QED) is 0.823. The molecule has 1 amide bonds. The maximum Gasteiger partial charge on any atom is 0.270 e. The van der Waals surface area contributed by atoms with E-state index < -0.39 is 0 Å². The lowest BCUT2D eigenvalue weighted by Crippen LogP contribution is -2.37. The summed E-state index contributed by atoms with van der Waals surface area (Å²) in [5.74, 6) is -0.117. The molecule has 1 aliphatic rings. The number of nitrogens with one attached hydrogen (secondary N) is 1. The highest BCUT2D eigenvalue weighted by Crippen LogP contribution is 2.17. The maximum absolute atomic E-state index is 12.0. The first-order valence-electron chi connectivity index (χ1n) is 7.48. The van der Waals surface area contributed by atoms with E-state index >= 15 is 0 Å². The average Bonchev–Trinajstić information content (AvgIpc) is 3.04. The Morgan fingerprint density at radius 3 is 2.75 bits per heavy atom. The number of halogens is 2. The third-order valence-electron chi connectivity index (χ3n) is 3.88. The Morgan fingerprint density at radius 1 is 1.29 bits per heavy atom. The molecule has 5 nitrogen and oxygen atoms in total. The summed E-state index contributed by atoms with van der Waals surface area (Å²) >= 11 is 1.42. The molecule has 2 heterocycles. The lowest BCUT2D eigenvalue weighted by Gasteiger charge is -2.28. The molecule has 0 atom stereocenters. The number of fused-ring (bicyclic) bond motifs is 1. The van der Waals surface area contributed by atoms with Gasteiger partial charge in [0.25, 0.3) is 5.91 Å². The van der Waals surface area contributed by atoms with Crippen LogP contribution in [-0.4, -0.2) is 35.4 Å². The van der Waals surface area contributed by atoms with Gasteiger partial charge < -0.3 is 11.1 Å². The molecule has 0 unspecified atom stereocenters. The molecule has 0 radical (unpaired) electrons. The van der Waals surface area contributed by atoms with Gasteiger partial charge in [-0.05, 0) is 17.5 Å². The summed E-state index contributed by atoms with van der Waals surface area (Å²) in [6.07, 6.45) is 1.08. The number of hydrogen-bond donors (Lipinski definition) is 2. The molecule has 0 bridgehead atoms. The van der Waals surface area contributed by atoms with Crippen molar-refractivity contribution in [3.8, 4) is 0 Å². The van der Waals surface area contributed by atoms with E-state index in [1.165, 1.54) is 22.5 Å². The number of aromatic nitrogens is 1. The van der Waals surface area contributed by atoms with Gasteiger partial charge in [0.1, 0.15) is 10.7 Å². The molecular weight excluding hydrogens is 367 g/mol. The Labute approximate surface area is 158 Å². The summed E-state index contributed by atoms with van der Waals surface area (Å²) < 4.78 is 0. The Bertz CT molecular complexity index is 665. The van der Waals surface area contributed by atoms with E-state index in [2.05, 4.69) is 39.5 Å². The minimum Gasteiger partial charge on any atom is -0.349 e. The number of rotatable bonds is 5. The molecule has 1 aromatic heterocycles. The van der Waals surface area contributed by atoms with Crippen molar-refractivity contribution in [1.82, 2.24) is 15.2 Å². The van der Waals surface area contributed by atoms with Crippen molar-refractivity contribution in [2.24, 2.45) is 5.73 Å². The van der Waals surface area contributed by atoms with Crippen LogP contribution in [0.2, 0.25) is 0 Å². The standard InChI is InChI=1S/C16H20N4OS.2ClH/c17-9-15-19-14(11-22-15)16(21)18-6-8-20-7-5-12-3-1-2-4-13(12)10-20;;/h1-4,11H,5-10,17H2,(H,18,21);2*1H. The molecule has 0 saturated carbocycles. The van der Waals surface area contributed by atoms with Gasteiger partial charge in [-0.3, -0.25) is 9.69 Å². The second-order valence-corrected chi connectivity index (χ2v) is 6.32. The van der Waals surface area contributed by atoms with Crippen molar-refractivity contribution in [3.63, 3.8) is 0 Å². The second kappa shape index (κ2) is 9.96.